The predicted octanol–water partition coefficient (Wildman–Crippen LogP) is 1.27. The van der Waals surface area contributed by atoms with Crippen LogP contribution in [0.25, 0.3) is 0 Å². The van der Waals surface area contributed by atoms with Crippen LogP contribution in [0.1, 0.15) is 27.9 Å². The van der Waals surface area contributed by atoms with E-state index in [2.05, 4.69) is 5.32 Å². The van der Waals surface area contributed by atoms with Crippen LogP contribution < -0.4 is 5.32 Å². The molecule has 0 spiro atoms. The molecule has 0 aliphatic carbocycles. The van der Waals surface area contributed by atoms with Crippen LogP contribution in [0.15, 0.2) is 18.2 Å². The first kappa shape index (κ1) is 12.6. The molecule has 1 fully saturated rings. The Morgan fingerprint density at radius 2 is 2.06 bits per heavy atom. The Morgan fingerprint density at radius 3 is 2.78 bits per heavy atom. The molecule has 1 aromatic carbocycles. The molecule has 4 heteroatoms. The first-order chi connectivity index (χ1) is 8.58. The monoisotopic (exact) mass is 246 g/mol. The summed E-state index contributed by atoms with van der Waals surface area (Å²) in [7, 11) is 0. The maximum Gasteiger partial charge on any atom is 0.254 e. The highest BCUT2D eigenvalue weighted by Gasteiger charge is 2.20. The van der Waals surface area contributed by atoms with Crippen molar-refractivity contribution in [2.45, 2.75) is 20.3 Å². The van der Waals surface area contributed by atoms with E-state index in [1.807, 2.05) is 32.0 Å². The third kappa shape index (κ3) is 2.70. The molecule has 18 heavy (non-hydrogen) atoms. The van der Waals surface area contributed by atoms with Crippen molar-refractivity contribution in [1.29, 1.82) is 0 Å². The van der Waals surface area contributed by atoms with E-state index in [0.29, 0.717) is 26.1 Å². The summed E-state index contributed by atoms with van der Waals surface area (Å²) in [4.78, 5) is 25.4. The lowest BCUT2D eigenvalue weighted by atomic mass is 10.0. The van der Waals surface area contributed by atoms with Gasteiger partial charge in [0.15, 0.2) is 0 Å². The Morgan fingerprint density at radius 1 is 1.28 bits per heavy atom. The summed E-state index contributed by atoms with van der Waals surface area (Å²) in [6, 6.07) is 5.82. The number of hydrogen-bond acceptors (Lipinski definition) is 2. The van der Waals surface area contributed by atoms with Crippen LogP contribution in [0.3, 0.4) is 0 Å². The van der Waals surface area contributed by atoms with Crippen molar-refractivity contribution in [3.63, 3.8) is 0 Å². The van der Waals surface area contributed by atoms with E-state index in [1.165, 1.54) is 0 Å². The molecule has 96 valence electrons. The molecule has 2 rings (SSSR count). The minimum Gasteiger partial charge on any atom is -0.354 e. The maximum absolute atomic E-state index is 12.4. The molecule has 0 unspecified atom stereocenters. The topological polar surface area (TPSA) is 49.4 Å². The summed E-state index contributed by atoms with van der Waals surface area (Å²) in [6.45, 7) is 5.57. The molecule has 1 aromatic rings. The molecule has 1 heterocycles. The second kappa shape index (κ2) is 5.21. The number of benzene rings is 1. The number of amides is 2. The van der Waals surface area contributed by atoms with Gasteiger partial charge in [-0.1, -0.05) is 17.7 Å². The summed E-state index contributed by atoms with van der Waals surface area (Å²) in [5, 5.41) is 2.77. The van der Waals surface area contributed by atoms with E-state index in [-0.39, 0.29) is 11.8 Å². The average Bonchev–Trinajstić information content (AvgIpc) is 2.53. The van der Waals surface area contributed by atoms with Crippen molar-refractivity contribution in [3.8, 4) is 0 Å². The van der Waals surface area contributed by atoms with Crippen molar-refractivity contribution < 1.29 is 9.59 Å². The predicted molar refractivity (Wildman–Crippen MR) is 69.4 cm³/mol. The van der Waals surface area contributed by atoms with Gasteiger partial charge in [-0.3, -0.25) is 9.59 Å². The Kier molecular flexibility index (Phi) is 3.65. The smallest absolute Gasteiger partial charge is 0.254 e. The van der Waals surface area contributed by atoms with Gasteiger partial charge in [-0.05, 0) is 25.5 Å². The SMILES string of the molecule is Cc1ccc(C(=O)N2CCNC(=O)CC2)c(C)c1. The molecule has 0 aromatic heterocycles. The molecule has 0 saturated carbocycles. The largest absolute Gasteiger partial charge is 0.354 e. The molecule has 4 nitrogen and oxygen atoms in total. The minimum absolute atomic E-state index is 0.0176. The Labute approximate surface area is 107 Å². The molecule has 2 amide bonds. The van der Waals surface area contributed by atoms with Gasteiger partial charge in [0.25, 0.3) is 5.91 Å². The zero-order valence-electron chi connectivity index (χ0n) is 10.8. The summed E-state index contributed by atoms with van der Waals surface area (Å²) in [5.41, 5.74) is 2.87. The fourth-order valence-corrected chi connectivity index (χ4v) is 2.19. The van der Waals surface area contributed by atoms with Gasteiger partial charge in [0.2, 0.25) is 5.91 Å². The van der Waals surface area contributed by atoms with Gasteiger partial charge in [-0.2, -0.15) is 0 Å². The van der Waals surface area contributed by atoms with Gasteiger partial charge in [0.1, 0.15) is 0 Å². The summed E-state index contributed by atoms with van der Waals surface area (Å²) in [5.74, 6) is 0.0370. The molecular formula is C14H18N2O2. The van der Waals surface area contributed by atoms with E-state index in [1.54, 1.807) is 4.90 Å². The van der Waals surface area contributed by atoms with Gasteiger partial charge >= 0.3 is 0 Å². The Balaban J connectivity index is 2.17. The fourth-order valence-electron chi connectivity index (χ4n) is 2.19. The van der Waals surface area contributed by atoms with Crippen LogP contribution in [0.4, 0.5) is 0 Å². The minimum atomic E-state index is 0.0176. The fraction of sp³-hybridized carbons (Fsp3) is 0.429. The third-order valence-electron chi connectivity index (χ3n) is 3.21. The Bertz CT molecular complexity index is 483. The number of aryl methyl sites for hydroxylation is 2. The lowest BCUT2D eigenvalue weighted by molar-refractivity contribution is -0.120. The van der Waals surface area contributed by atoms with Gasteiger partial charge in [0.05, 0.1) is 0 Å². The van der Waals surface area contributed by atoms with Crippen molar-refractivity contribution in [2.24, 2.45) is 0 Å². The molecule has 0 bridgehead atoms. The van der Waals surface area contributed by atoms with Crippen molar-refractivity contribution in [1.82, 2.24) is 10.2 Å². The van der Waals surface area contributed by atoms with Crippen LogP contribution in [0.2, 0.25) is 0 Å². The lowest BCUT2D eigenvalue weighted by Gasteiger charge is -2.20. The first-order valence-electron chi connectivity index (χ1n) is 6.21. The van der Waals surface area contributed by atoms with Crippen LogP contribution in [-0.4, -0.2) is 36.3 Å². The number of carbonyl (C=O) groups is 2. The summed E-state index contributed by atoms with van der Waals surface area (Å²) in [6.07, 6.45) is 0.386. The normalized spacial score (nSPS) is 16.1. The number of nitrogens with one attached hydrogen (secondary N) is 1. The zero-order valence-corrected chi connectivity index (χ0v) is 10.8. The molecular weight excluding hydrogens is 228 g/mol. The zero-order chi connectivity index (χ0) is 13.1. The van der Waals surface area contributed by atoms with E-state index in [0.717, 1.165) is 16.7 Å². The van der Waals surface area contributed by atoms with Gasteiger partial charge in [0, 0.05) is 31.6 Å². The van der Waals surface area contributed by atoms with Gasteiger partial charge < -0.3 is 10.2 Å². The highest BCUT2D eigenvalue weighted by atomic mass is 16.2. The first-order valence-corrected chi connectivity index (χ1v) is 6.21. The number of hydrogen-bond donors (Lipinski definition) is 1. The van der Waals surface area contributed by atoms with E-state index < -0.39 is 0 Å². The van der Waals surface area contributed by atoms with Gasteiger partial charge in [-0.25, -0.2) is 0 Å². The second-order valence-corrected chi connectivity index (χ2v) is 4.71. The Hall–Kier alpha value is -1.84. The lowest BCUT2D eigenvalue weighted by Crippen LogP contribution is -2.34. The van der Waals surface area contributed by atoms with Crippen LogP contribution in [0, 0.1) is 13.8 Å². The van der Waals surface area contributed by atoms with E-state index >= 15 is 0 Å². The van der Waals surface area contributed by atoms with Crippen molar-refractivity contribution >= 4 is 11.8 Å². The second-order valence-electron chi connectivity index (χ2n) is 4.71. The van der Waals surface area contributed by atoms with Crippen LogP contribution in [-0.2, 0) is 4.79 Å². The molecule has 1 N–H and O–H groups in total. The standard InChI is InChI=1S/C14H18N2O2/c1-10-3-4-12(11(2)9-10)14(18)16-7-5-13(17)15-6-8-16/h3-4,9H,5-8H2,1-2H3,(H,15,17). The number of nitrogens with zero attached hydrogens (tertiary/aromatic N) is 1. The quantitative estimate of drug-likeness (QED) is 0.811. The van der Waals surface area contributed by atoms with Gasteiger partial charge in [-0.15, -0.1) is 0 Å². The molecule has 1 aliphatic heterocycles. The van der Waals surface area contributed by atoms with E-state index in [9.17, 15) is 9.59 Å². The maximum atomic E-state index is 12.4. The average molecular weight is 246 g/mol. The molecule has 0 atom stereocenters. The van der Waals surface area contributed by atoms with Crippen LogP contribution >= 0.6 is 0 Å². The molecule has 1 aliphatic rings. The number of rotatable bonds is 1. The number of carbonyl (C=O) groups excluding carboxylic acids is 2. The summed E-state index contributed by atoms with van der Waals surface area (Å²) < 4.78 is 0. The summed E-state index contributed by atoms with van der Waals surface area (Å²) >= 11 is 0. The third-order valence-corrected chi connectivity index (χ3v) is 3.21. The molecule has 0 radical (unpaired) electrons. The van der Waals surface area contributed by atoms with Crippen molar-refractivity contribution in [3.05, 3.63) is 34.9 Å². The molecule has 1 saturated heterocycles. The van der Waals surface area contributed by atoms with E-state index in [4.69, 9.17) is 0 Å². The highest BCUT2D eigenvalue weighted by Crippen LogP contribution is 2.14. The highest BCUT2D eigenvalue weighted by molar-refractivity contribution is 5.96. The van der Waals surface area contributed by atoms with Crippen molar-refractivity contribution in [2.75, 3.05) is 19.6 Å². The van der Waals surface area contributed by atoms with Crippen LogP contribution in [0.5, 0.6) is 0 Å².